The highest BCUT2D eigenvalue weighted by atomic mass is 19.1. The van der Waals surface area contributed by atoms with Crippen molar-refractivity contribution in [3.63, 3.8) is 0 Å². The molecule has 0 N–H and O–H groups in total. The van der Waals surface area contributed by atoms with Gasteiger partial charge in [0, 0.05) is 11.6 Å². The summed E-state index contributed by atoms with van der Waals surface area (Å²) in [7, 11) is 0. The second kappa shape index (κ2) is 5.78. The Bertz CT molecular complexity index is 553. The van der Waals surface area contributed by atoms with Gasteiger partial charge in [0.05, 0.1) is 18.0 Å². The summed E-state index contributed by atoms with van der Waals surface area (Å²) in [5.41, 5.74) is 2.14. The summed E-state index contributed by atoms with van der Waals surface area (Å²) in [6.07, 6.45) is 0. The first-order valence-electron chi connectivity index (χ1n) is 6.28. The topological polar surface area (TPSA) is 35.0 Å². The lowest BCUT2D eigenvalue weighted by atomic mass is 10.1. The summed E-state index contributed by atoms with van der Waals surface area (Å²) in [5.74, 6) is 0.579. The summed E-state index contributed by atoms with van der Waals surface area (Å²) >= 11 is 0. The second-order valence-corrected chi connectivity index (χ2v) is 4.94. The number of aromatic nitrogens is 2. The van der Waals surface area contributed by atoms with Crippen LogP contribution in [-0.2, 0) is 0 Å². The molecule has 0 aliphatic rings. The Balaban J connectivity index is 2.28. The molecule has 0 unspecified atom stereocenters. The molecule has 3 nitrogen and oxygen atoms in total. The van der Waals surface area contributed by atoms with Gasteiger partial charge in [0.25, 0.3) is 0 Å². The number of nitrogens with zero attached hydrogens (tertiary/aromatic N) is 2. The first-order valence-corrected chi connectivity index (χ1v) is 6.28. The van der Waals surface area contributed by atoms with E-state index < -0.39 is 0 Å². The molecule has 1 aromatic heterocycles. The molecule has 0 amide bonds. The van der Waals surface area contributed by atoms with Crippen molar-refractivity contribution in [3.05, 3.63) is 41.8 Å². The smallest absolute Gasteiger partial charge is 0.127 e. The normalized spacial score (nSPS) is 10.8. The van der Waals surface area contributed by atoms with E-state index in [-0.39, 0.29) is 5.82 Å². The number of rotatable bonds is 4. The van der Waals surface area contributed by atoms with E-state index in [1.165, 1.54) is 12.1 Å². The van der Waals surface area contributed by atoms with E-state index in [2.05, 4.69) is 10.2 Å². The van der Waals surface area contributed by atoms with Crippen LogP contribution >= 0.6 is 0 Å². The van der Waals surface area contributed by atoms with Crippen LogP contribution in [0.1, 0.15) is 19.5 Å². The predicted octanol–water partition coefficient (Wildman–Crippen LogP) is 3.63. The molecule has 0 saturated carbocycles. The average Bonchev–Trinajstić information content (AvgIpc) is 2.36. The van der Waals surface area contributed by atoms with Crippen LogP contribution in [0.3, 0.4) is 0 Å². The van der Waals surface area contributed by atoms with E-state index in [0.717, 1.165) is 5.69 Å². The van der Waals surface area contributed by atoms with Crippen LogP contribution in [0.25, 0.3) is 11.3 Å². The number of hydrogen-bond acceptors (Lipinski definition) is 3. The number of halogens is 1. The summed E-state index contributed by atoms with van der Waals surface area (Å²) < 4.78 is 19.1. The Kier molecular flexibility index (Phi) is 4.10. The minimum Gasteiger partial charge on any atom is -0.493 e. The number of aryl methyl sites for hydroxylation is 1. The molecule has 1 aromatic carbocycles. The van der Waals surface area contributed by atoms with Crippen LogP contribution in [-0.4, -0.2) is 16.8 Å². The largest absolute Gasteiger partial charge is 0.493 e. The lowest BCUT2D eigenvalue weighted by Crippen LogP contribution is -2.04. The molecular formula is C15H17FN2O. The van der Waals surface area contributed by atoms with Gasteiger partial charge in [-0.1, -0.05) is 13.8 Å². The van der Waals surface area contributed by atoms with Crippen LogP contribution in [0.5, 0.6) is 5.75 Å². The van der Waals surface area contributed by atoms with Crippen molar-refractivity contribution in [3.8, 4) is 17.0 Å². The van der Waals surface area contributed by atoms with Gasteiger partial charge in [-0.25, -0.2) is 4.39 Å². The zero-order valence-electron chi connectivity index (χ0n) is 11.4. The van der Waals surface area contributed by atoms with Crippen molar-refractivity contribution in [1.82, 2.24) is 10.2 Å². The van der Waals surface area contributed by atoms with Crippen molar-refractivity contribution < 1.29 is 9.13 Å². The average molecular weight is 260 g/mol. The Morgan fingerprint density at radius 2 is 1.95 bits per heavy atom. The summed E-state index contributed by atoms with van der Waals surface area (Å²) in [6, 6.07) is 8.27. The predicted molar refractivity (Wildman–Crippen MR) is 72.5 cm³/mol. The maximum Gasteiger partial charge on any atom is 0.127 e. The molecule has 0 spiro atoms. The lowest BCUT2D eigenvalue weighted by Gasteiger charge is -2.10. The van der Waals surface area contributed by atoms with E-state index in [9.17, 15) is 4.39 Å². The zero-order valence-corrected chi connectivity index (χ0v) is 11.4. The first-order chi connectivity index (χ1) is 9.04. The highest BCUT2D eigenvalue weighted by molar-refractivity contribution is 5.60. The fourth-order valence-corrected chi connectivity index (χ4v) is 1.61. The van der Waals surface area contributed by atoms with Gasteiger partial charge in [0.15, 0.2) is 0 Å². The number of benzene rings is 1. The van der Waals surface area contributed by atoms with Crippen molar-refractivity contribution in [2.45, 2.75) is 20.8 Å². The molecular weight excluding hydrogens is 243 g/mol. The van der Waals surface area contributed by atoms with Gasteiger partial charge in [0.1, 0.15) is 11.6 Å². The molecule has 2 aromatic rings. The molecule has 0 aliphatic heterocycles. The third-order valence-electron chi connectivity index (χ3n) is 2.55. The van der Waals surface area contributed by atoms with Gasteiger partial charge < -0.3 is 4.74 Å². The highest BCUT2D eigenvalue weighted by Gasteiger charge is 2.06. The van der Waals surface area contributed by atoms with Crippen LogP contribution in [0.15, 0.2) is 30.3 Å². The summed E-state index contributed by atoms with van der Waals surface area (Å²) in [4.78, 5) is 0. The third kappa shape index (κ3) is 3.74. The molecule has 2 rings (SSSR count). The van der Waals surface area contributed by atoms with E-state index in [1.807, 2.05) is 32.9 Å². The van der Waals surface area contributed by atoms with E-state index >= 15 is 0 Å². The fraction of sp³-hybridized carbons (Fsp3) is 0.333. The summed E-state index contributed by atoms with van der Waals surface area (Å²) in [5, 5.41) is 8.03. The maximum absolute atomic E-state index is 13.6. The van der Waals surface area contributed by atoms with Crippen LogP contribution in [0.4, 0.5) is 4.39 Å². The van der Waals surface area contributed by atoms with Crippen LogP contribution < -0.4 is 4.74 Å². The van der Waals surface area contributed by atoms with Crippen molar-refractivity contribution in [2.75, 3.05) is 6.61 Å². The quantitative estimate of drug-likeness (QED) is 0.842. The molecule has 0 radical (unpaired) electrons. The van der Waals surface area contributed by atoms with Gasteiger partial charge in [-0.3, -0.25) is 0 Å². The Morgan fingerprint density at radius 1 is 1.16 bits per heavy atom. The Hall–Kier alpha value is -1.97. The molecule has 0 fully saturated rings. The molecule has 0 aliphatic carbocycles. The van der Waals surface area contributed by atoms with Gasteiger partial charge in [-0.2, -0.15) is 10.2 Å². The van der Waals surface area contributed by atoms with Crippen molar-refractivity contribution in [1.29, 1.82) is 0 Å². The highest BCUT2D eigenvalue weighted by Crippen LogP contribution is 2.24. The molecule has 100 valence electrons. The van der Waals surface area contributed by atoms with Gasteiger partial charge in [0.2, 0.25) is 0 Å². The van der Waals surface area contributed by atoms with Crippen LogP contribution in [0.2, 0.25) is 0 Å². The van der Waals surface area contributed by atoms with Crippen molar-refractivity contribution in [2.24, 2.45) is 5.92 Å². The minimum atomic E-state index is -0.335. The maximum atomic E-state index is 13.6. The molecule has 19 heavy (non-hydrogen) atoms. The fourth-order valence-electron chi connectivity index (χ4n) is 1.61. The van der Waals surface area contributed by atoms with E-state index in [0.29, 0.717) is 29.5 Å². The number of ether oxygens (including phenoxy) is 1. The monoisotopic (exact) mass is 260 g/mol. The van der Waals surface area contributed by atoms with Gasteiger partial charge in [-0.05, 0) is 37.1 Å². The minimum absolute atomic E-state index is 0.335. The number of hydrogen-bond donors (Lipinski definition) is 0. The standard InChI is InChI=1S/C15H17FN2O/c1-10(2)9-19-14-7-12(6-13(16)8-14)15-5-4-11(3)17-18-15/h4-8,10H,9H2,1-3H3. The molecule has 0 bridgehead atoms. The van der Waals surface area contributed by atoms with Gasteiger partial charge in [-0.15, -0.1) is 0 Å². The van der Waals surface area contributed by atoms with Crippen molar-refractivity contribution >= 4 is 0 Å². The first kappa shape index (κ1) is 13.5. The zero-order chi connectivity index (χ0) is 13.8. The molecule has 4 heteroatoms. The molecule has 0 saturated heterocycles. The Morgan fingerprint density at radius 3 is 2.58 bits per heavy atom. The van der Waals surface area contributed by atoms with Crippen LogP contribution in [0, 0.1) is 18.7 Å². The van der Waals surface area contributed by atoms with Gasteiger partial charge >= 0.3 is 0 Å². The van der Waals surface area contributed by atoms with E-state index in [4.69, 9.17) is 4.74 Å². The molecule has 1 heterocycles. The molecule has 0 atom stereocenters. The SMILES string of the molecule is Cc1ccc(-c2cc(F)cc(OCC(C)C)c2)nn1. The lowest BCUT2D eigenvalue weighted by molar-refractivity contribution is 0.270. The second-order valence-electron chi connectivity index (χ2n) is 4.94. The van der Waals surface area contributed by atoms with E-state index in [1.54, 1.807) is 6.07 Å². The summed E-state index contributed by atoms with van der Waals surface area (Å²) in [6.45, 7) is 6.51. The third-order valence-corrected chi connectivity index (χ3v) is 2.55. The Labute approximate surface area is 112 Å².